The first-order valence-electron chi connectivity index (χ1n) is 6.70. The predicted molar refractivity (Wildman–Crippen MR) is 82.5 cm³/mol. The van der Waals surface area contributed by atoms with E-state index in [1.54, 1.807) is 24.1 Å². The van der Waals surface area contributed by atoms with Gasteiger partial charge in [-0.1, -0.05) is 0 Å². The lowest BCUT2D eigenvalue weighted by atomic mass is 10.3. The van der Waals surface area contributed by atoms with E-state index in [1.807, 2.05) is 6.92 Å². The Hall–Kier alpha value is -2.90. The lowest BCUT2D eigenvalue weighted by Crippen LogP contribution is -2.37. The number of carbonyl (C=O) groups excluding carboxylic acids is 1. The fourth-order valence-electron chi connectivity index (χ4n) is 1.90. The molecule has 1 amide bonds. The maximum Gasteiger partial charge on any atom is 0.330 e. The van der Waals surface area contributed by atoms with Crippen LogP contribution in [0.25, 0.3) is 6.08 Å². The summed E-state index contributed by atoms with van der Waals surface area (Å²) in [7, 11) is 2.93. The molecule has 0 bridgehead atoms. The van der Waals surface area contributed by atoms with Gasteiger partial charge in [-0.15, -0.1) is 0 Å². The molecule has 0 aliphatic carbocycles. The molecule has 2 heterocycles. The molecule has 0 spiro atoms. The minimum atomic E-state index is -0.453. The van der Waals surface area contributed by atoms with Gasteiger partial charge in [0.15, 0.2) is 0 Å². The Morgan fingerprint density at radius 1 is 1.32 bits per heavy atom. The molecule has 2 rings (SSSR count). The van der Waals surface area contributed by atoms with Gasteiger partial charge < -0.3 is 9.88 Å². The Morgan fingerprint density at radius 3 is 2.68 bits per heavy atom. The summed E-state index contributed by atoms with van der Waals surface area (Å²) in [6, 6.07) is 0. The average Bonchev–Trinajstić information content (AvgIpc) is 2.95. The maximum absolute atomic E-state index is 11.9. The molecule has 0 unspecified atom stereocenters. The van der Waals surface area contributed by atoms with Gasteiger partial charge in [0.05, 0.1) is 17.4 Å². The van der Waals surface area contributed by atoms with Crippen molar-refractivity contribution < 1.29 is 4.79 Å². The summed E-state index contributed by atoms with van der Waals surface area (Å²) < 4.78 is 3.95. The molecule has 0 saturated carbocycles. The topological polar surface area (TPSA) is 90.9 Å². The molecular weight excluding hydrogens is 286 g/mol. The third kappa shape index (κ3) is 3.22. The number of anilines is 1. The highest BCUT2D eigenvalue weighted by atomic mass is 16.2. The number of aryl methyl sites for hydroxylation is 2. The van der Waals surface area contributed by atoms with Crippen LogP contribution in [-0.4, -0.2) is 24.8 Å². The first-order chi connectivity index (χ1) is 10.4. The molecule has 2 aromatic heterocycles. The molecule has 0 atom stereocenters. The van der Waals surface area contributed by atoms with Crippen molar-refractivity contribution in [3.05, 3.63) is 51.1 Å². The number of hydrogen-bond acceptors (Lipinski definition) is 4. The smallest absolute Gasteiger partial charge is 0.320 e. The molecule has 0 aromatic carbocycles. The summed E-state index contributed by atoms with van der Waals surface area (Å²) in [6.07, 6.45) is 7.26. The van der Waals surface area contributed by atoms with E-state index in [0.717, 1.165) is 4.57 Å². The van der Waals surface area contributed by atoms with Gasteiger partial charge in [-0.2, -0.15) is 5.10 Å². The molecule has 0 fully saturated rings. The number of carbonyl (C=O) groups is 1. The molecule has 0 saturated heterocycles. The van der Waals surface area contributed by atoms with Crippen LogP contribution in [0.15, 0.2) is 34.3 Å². The fraction of sp³-hybridized carbons (Fsp3) is 0.286. The normalized spacial score (nSPS) is 11.0. The highest BCUT2D eigenvalue weighted by Gasteiger charge is 2.05. The van der Waals surface area contributed by atoms with Crippen molar-refractivity contribution >= 4 is 17.7 Å². The van der Waals surface area contributed by atoms with E-state index in [2.05, 4.69) is 10.4 Å². The zero-order valence-corrected chi connectivity index (χ0v) is 12.6. The monoisotopic (exact) mass is 303 g/mol. The molecule has 0 radical (unpaired) electrons. The van der Waals surface area contributed by atoms with Gasteiger partial charge in [-0.05, 0) is 13.0 Å². The zero-order valence-electron chi connectivity index (χ0n) is 12.6. The first-order valence-corrected chi connectivity index (χ1v) is 6.70. The van der Waals surface area contributed by atoms with E-state index < -0.39 is 11.2 Å². The lowest BCUT2D eigenvalue weighted by molar-refractivity contribution is -0.111. The van der Waals surface area contributed by atoms with Crippen LogP contribution in [0, 0.1) is 0 Å². The van der Waals surface area contributed by atoms with Crippen molar-refractivity contribution in [2.45, 2.75) is 13.5 Å². The second kappa shape index (κ2) is 6.25. The van der Waals surface area contributed by atoms with Crippen LogP contribution in [0.4, 0.5) is 5.69 Å². The second-order valence-electron chi connectivity index (χ2n) is 4.75. The third-order valence-corrected chi connectivity index (χ3v) is 3.11. The van der Waals surface area contributed by atoms with Crippen LogP contribution in [0.5, 0.6) is 0 Å². The van der Waals surface area contributed by atoms with E-state index in [0.29, 0.717) is 12.2 Å². The number of nitrogens with one attached hydrogen (secondary N) is 1. The largest absolute Gasteiger partial charge is 0.330 e. The summed E-state index contributed by atoms with van der Waals surface area (Å²) in [5, 5.41) is 6.68. The second-order valence-corrected chi connectivity index (χ2v) is 4.75. The number of hydrogen-bond donors (Lipinski definition) is 1. The fourth-order valence-corrected chi connectivity index (χ4v) is 1.90. The van der Waals surface area contributed by atoms with Crippen LogP contribution in [0.1, 0.15) is 12.5 Å². The van der Waals surface area contributed by atoms with E-state index in [-0.39, 0.29) is 11.5 Å². The molecule has 116 valence electrons. The Labute approximate surface area is 126 Å². The third-order valence-electron chi connectivity index (χ3n) is 3.11. The first kappa shape index (κ1) is 15.5. The number of aromatic nitrogens is 4. The molecule has 2 aromatic rings. The Kier molecular flexibility index (Phi) is 4.40. The van der Waals surface area contributed by atoms with Crippen molar-refractivity contribution in [3.63, 3.8) is 0 Å². The quantitative estimate of drug-likeness (QED) is 0.802. The Balaban J connectivity index is 2.16. The van der Waals surface area contributed by atoms with Crippen molar-refractivity contribution in [1.29, 1.82) is 0 Å². The molecule has 1 N–H and O–H groups in total. The van der Waals surface area contributed by atoms with E-state index in [1.165, 1.54) is 30.0 Å². The molecule has 8 nitrogen and oxygen atoms in total. The summed E-state index contributed by atoms with van der Waals surface area (Å²) in [5.41, 5.74) is -0.0431. The number of amides is 1. The van der Waals surface area contributed by atoms with Crippen molar-refractivity contribution in [2.75, 3.05) is 5.32 Å². The molecule has 0 aliphatic rings. The van der Waals surface area contributed by atoms with Crippen molar-refractivity contribution in [3.8, 4) is 0 Å². The highest BCUT2D eigenvalue weighted by molar-refractivity contribution is 6.01. The molecule has 22 heavy (non-hydrogen) atoms. The van der Waals surface area contributed by atoms with Crippen molar-refractivity contribution in [2.24, 2.45) is 14.1 Å². The molecular formula is C14H17N5O3. The van der Waals surface area contributed by atoms with E-state index in [9.17, 15) is 14.4 Å². The van der Waals surface area contributed by atoms with Gasteiger partial charge in [0.1, 0.15) is 0 Å². The standard InChI is InChI=1S/C14H17N5O3/c1-4-19-9-11(7-15-19)16-12(20)6-5-10-8-17(2)14(22)18(3)13(10)21/h5-9H,4H2,1-3H3,(H,16,20). The van der Waals surface area contributed by atoms with Gasteiger partial charge in [-0.3, -0.25) is 18.8 Å². The summed E-state index contributed by atoms with van der Waals surface area (Å²) in [4.78, 5) is 35.3. The minimum Gasteiger partial charge on any atom is -0.320 e. The number of nitrogens with zero attached hydrogens (tertiary/aromatic N) is 4. The van der Waals surface area contributed by atoms with Crippen molar-refractivity contribution in [1.82, 2.24) is 18.9 Å². The van der Waals surface area contributed by atoms with Crippen LogP contribution in [-0.2, 0) is 25.4 Å². The van der Waals surface area contributed by atoms with Gasteiger partial charge in [0.2, 0.25) is 5.91 Å². The lowest BCUT2D eigenvalue weighted by Gasteiger charge is -2.03. The predicted octanol–water partition coefficient (Wildman–Crippen LogP) is -0.0477. The molecule has 0 aliphatic heterocycles. The van der Waals surface area contributed by atoms with Crippen LogP contribution in [0.2, 0.25) is 0 Å². The summed E-state index contributed by atoms with van der Waals surface area (Å²) in [5.74, 6) is -0.383. The maximum atomic E-state index is 11.9. The Morgan fingerprint density at radius 2 is 2.05 bits per heavy atom. The Bertz CT molecular complexity index is 841. The SMILES string of the molecule is CCn1cc(NC(=O)C=Cc2cn(C)c(=O)n(C)c2=O)cn1. The highest BCUT2D eigenvalue weighted by Crippen LogP contribution is 2.04. The summed E-state index contributed by atoms with van der Waals surface area (Å²) in [6.45, 7) is 2.65. The van der Waals surface area contributed by atoms with Gasteiger partial charge in [0, 0.05) is 39.1 Å². The number of rotatable bonds is 4. The van der Waals surface area contributed by atoms with Gasteiger partial charge >= 0.3 is 5.69 Å². The van der Waals surface area contributed by atoms with E-state index >= 15 is 0 Å². The van der Waals surface area contributed by atoms with E-state index in [4.69, 9.17) is 0 Å². The summed E-state index contributed by atoms with van der Waals surface area (Å²) >= 11 is 0. The van der Waals surface area contributed by atoms with Gasteiger partial charge in [-0.25, -0.2) is 4.79 Å². The molecule has 8 heteroatoms. The van der Waals surface area contributed by atoms with Gasteiger partial charge in [0.25, 0.3) is 5.56 Å². The van der Waals surface area contributed by atoms with Crippen LogP contribution >= 0.6 is 0 Å². The van der Waals surface area contributed by atoms with Crippen LogP contribution < -0.4 is 16.6 Å². The average molecular weight is 303 g/mol. The zero-order chi connectivity index (χ0) is 16.3. The van der Waals surface area contributed by atoms with Crippen LogP contribution in [0.3, 0.4) is 0 Å². The minimum absolute atomic E-state index is 0.254.